The Balaban J connectivity index is 1.54. The summed E-state index contributed by atoms with van der Waals surface area (Å²) in [6, 6.07) is 18.7. The van der Waals surface area contributed by atoms with Crippen molar-refractivity contribution in [3.05, 3.63) is 83.8 Å². The zero-order valence-electron chi connectivity index (χ0n) is 18.3. The maximum absolute atomic E-state index is 12.9. The first kappa shape index (κ1) is 22.2. The Hall–Kier alpha value is -3.98. The Morgan fingerprint density at radius 3 is 2.21 bits per heavy atom. The van der Waals surface area contributed by atoms with Crippen LogP contribution in [0.1, 0.15) is 21.9 Å². The Kier molecular flexibility index (Phi) is 5.97. The number of methoxy groups -OCH3 is 1. The molecule has 0 aliphatic carbocycles. The predicted molar refractivity (Wildman–Crippen MR) is 127 cm³/mol. The van der Waals surface area contributed by atoms with Gasteiger partial charge in [0.2, 0.25) is 0 Å². The molecule has 168 valence electrons. The van der Waals surface area contributed by atoms with E-state index in [1.807, 2.05) is 30.3 Å². The van der Waals surface area contributed by atoms with Gasteiger partial charge in [-0.1, -0.05) is 24.3 Å². The maximum Gasteiger partial charge on any atom is 0.263 e. The molecule has 0 unspecified atom stereocenters. The van der Waals surface area contributed by atoms with Gasteiger partial charge in [-0.05, 0) is 61.0 Å². The van der Waals surface area contributed by atoms with E-state index in [0.29, 0.717) is 28.5 Å². The molecule has 1 aromatic heterocycles. The molecule has 0 atom stereocenters. The summed E-state index contributed by atoms with van der Waals surface area (Å²) in [5.41, 5.74) is 1.48. The molecule has 0 aliphatic rings. The summed E-state index contributed by atoms with van der Waals surface area (Å²) in [5, 5.41) is 4.65. The Bertz CT molecular complexity index is 1430. The number of amides is 1. The van der Waals surface area contributed by atoms with E-state index in [9.17, 15) is 13.2 Å². The number of carbonyl (C=O) groups is 1. The number of rotatable bonds is 6. The zero-order valence-corrected chi connectivity index (χ0v) is 19.1. The summed E-state index contributed by atoms with van der Waals surface area (Å²) >= 11 is 0. The van der Waals surface area contributed by atoms with E-state index in [0.717, 1.165) is 10.8 Å². The molecule has 1 heterocycles. The molecule has 2 N–H and O–H groups in total. The average Bonchev–Trinajstić information content (AvgIpc) is 2.77. The lowest BCUT2D eigenvalue weighted by Crippen LogP contribution is -2.15. The number of aryl methyl sites for hydroxylation is 2. The van der Waals surface area contributed by atoms with E-state index in [1.165, 1.54) is 31.4 Å². The van der Waals surface area contributed by atoms with Gasteiger partial charge in [-0.2, -0.15) is 0 Å². The molecule has 0 spiro atoms. The highest BCUT2D eigenvalue weighted by molar-refractivity contribution is 7.92. The summed E-state index contributed by atoms with van der Waals surface area (Å²) in [5.74, 6) is 0.749. The van der Waals surface area contributed by atoms with Crippen LogP contribution >= 0.6 is 0 Å². The van der Waals surface area contributed by atoms with Crippen LogP contribution < -0.4 is 14.8 Å². The van der Waals surface area contributed by atoms with Crippen LogP contribution in [0, 0.1) is 13.8 Å². The zero-order chi connectivity index (χ0) is 23.6. The number of nitrogens with one attached hydrogen (secondary N) is 2. The average molecular weight is 463 g/mol. The molecule has 1 amide bonds. The van der Waals surface area contributed by atoms with Crippen LogP contribution in [0.15, 0.2) is 71.6 Å². The van der Waals surface area contributed by atoms with Gasteiger partial charge in [0.15, 0.2) is 0 Å². The Morgan fingerprint density at radius 2 is 1.58 bits per heavy atom. The summed E-state index contributed by atoms with van der Waals surface area (Å²) < 4.78 is 33.3. The molecule has 4 rings (SSSR count). The molecule has 0 saturated heterocycles. The van der Waals surface area contributed by atoms with Crippen molar-refractivity contribution in [3.8, 4) is 5.75 Å². The first-order chi connectivity index (χ1) is 15.7. The normalized spacial score (nSPS) is 11.2. The third-order valence-electron chi connectivity index (χ3n) is 4.94. The molecule has 4 aromatic rings. The first-order valence-corrected chi connectivity index (χ1v) is 11.6. The van der Waals surface area contributed by atoms with Crippen LogP contribution in [-0.2, 0) is 10.0 Å². The van der Waals surface area contributed by atoms with E-state index in [-0.39, 0.29) is 16.6 Å². The minimum Gasteiger partial charge on any atom is -0.496 e. The van der Waals surface area contributed by atoms with Crippen LogP contribution in [0.3, 0.4) is 0 Å². The summed E-state index contributed by atoms with van der Waals surface area (Å²) in [7, 11) is -2.34. The second-order valence-corrected chi connectivity index (χ2v) is 9.11. The van der Waals surface area contributed by atoms with Crippen molar-refractivity contribution in [1.82, 2.24) is 9.97 Å². The van der Waals surface area contributed by atoms with Crippen LogP contribution in [0.5, 0.6) is 5.75 Å². The van der Waals surface area contributed by atoms with Gasteiger partial charge in [-0.25, -0.2) is 18.4 Å². The minimum atomic E-state index is -3.85. The topological polar surface area (TPSA) is 110 Å². The van der Waals surface area contributed by atoms with E-state index >= 15 is 0 Å². The number of hydrogen-bond acceptors (Lipinski definition) is 6. The fourth-order valence-corrected chi connectivity index (χ4v) is 4.44. The van der Waals surface area contributed by atoms with E-state index in [1.54, 1.807) is 26.0 Å². The number of benzene rings is 3. The van der Waals surface area contributed by atoms with E-state index < -0.39 is 10.0 Å². The minimum absolute atomic E-state index is 0.0395. The second kappa shape index (κ2) is 8.87. The Labute approximate surface area is 191 Å². The summed E-state index contributed by atoms with van der Waals surface area (Å²) in [6.07, 6.45) is 0. The highest BCUT2D eigenvalue weighted by atomic mass is 32.2. The number of ether oxygens (including phenoxy) is 1. The SMILES string of the molecule is COc1cc2ccccc2cc1C(=O)Nc1ccc(S(=O)(=O)Nc2cc(C)nc(C)n2)cc1. The van der Waals surface area contributed by atoms with Crippen molar-refractivity contribution < 1.29 is 17.9 Å². The summed E-state index contributed by atoms with van der Waals surface area (Å²) in [6.45, 7) is 3.45. The molecule has 3 aromatic carbocycles. The molecular formula is C24H22N4O4S. The van der Waals surface area contributed by atoms with Gasteiger partial charge < -0.3 is 10.1 Å². The maximum atomic E-state index is 12.9. The quantitative estimate of drug-likeness (QED) is 0.442. The molecule has 0 saturated carbocycles. The van der Waals surface area contributed by atoms with Crippen LogP contribution in [0.4, 0.5) is 11.5 Å². The van der Waals surface area contributed by atoms with Gasteiger partial charge in [0.25, 0.3) is 15.9 Å². The van der Waals surface area contributed by atoms with Crippen molar-refractivity contribution in [3.63, 3.8) is 0 Å². The van der Waals surface area contributed by atoms with Crippen molar-refractivity contribution in [2.75, 3.05) is 17.1 Å². The van der Waals surface area contributed by atoms with Gasteiger partial charge in [0, 0.05) is 17.4 Å². The van der Waals surface area contributed by atoms with Crippen molar-refractivity contribution in [1.29, 1.82) is 0 Å². The van der Waals surface area contributed by atoms with Crippen LogP contribution in [-0.4, -0.2) is 31.4 Å². The van der Waals surface area contributed by atoms with Crippen LogP contribution in [0.25, 0.3) is 10.8 Å². The van der Waals surface area contributed by atoms with Crippen LogP contribution in [0.2, 0.25) is 0 Å². The molecule has 0 bridgehead atoms. The van der Waals surface area contributed by atoms with Gasteiger partial charge in [0.1, 0.15) is 17.4 Å². The largest absolute Gasteiger partial charge is 0.496 e. The predicted octanol–water partition coefficient (Wildman–Crippen LogP) is 4.31. The lowest BCUT2D eigenvalue weighted by atomic mass is 10.1. The number of anilines is 2. The van der Waals surface area contributed by atoms with Gasteiger partial charge in [-0.15, -0.1) is 0 Å². The molecule has 0 aliphatic heterocycles. The lowest BCUT2D eigenvalue weighted by molar-refractivity contribution is 0.102. The smallest absolute Gasteiger partial charge is 0.263 e. The Morgan fingerprint density at radius 1 is 0.909 bits per heavy atom. The summed E-state index contributed by atoms with van der Waals surface area (Å²) in [4.78, 5) is 21.2. The molecule has 8 nitrogen and oxygen atoms in total. The molecule has 0 radical (unpaired) electrons. The monoisotopic (exact) mass is 462 g/mol. The first-order valence-electron chi connectivity index (χ1n) is 10.1. The third kappa shape index (κ3) is 4.93. The highest BCUT2D eigenvalue weighted by Crippen LogP contribution is 2.27. The molecular weight excluding hydrogens is 440 g/mol. The van der Waals surface area contributed by atoms with Crippen molar-refractivity contribution in [2.45, 2.75) is 18.7 Å². The number of sulfonamides is 1. The van der Waals surface area contributed by atoms with Crippen molar-refractivity contribution in [2.24, 2.45) is 0 Å². The van der Waals surface area contributed by atoms with E-state index in [2.05, 4.69) is 20.0 Å². The number of carbonyl (C=O) groups excluding carboxylic acids is 1. The fraction of sp³-hybridized carbons (Fsp3) is 0.125. The molecule has 9 heteroatoms. The van der Waals surface area contributed by atoms with Gasteiger partial charge in [-0.3, -0.25) is 9.52 Å². The number of nitrogens with zero attached hydrogens (tertiary/aromatic N) is 2. The highest BCUT2D eigenvalue weighted by Gasteiger charge is 2.17. The lowest BCUT2D eigenvalue weighted by Gasteiger charge is -2.12. The molecule has 0 fully saturated rings. The van der Waals surface area contributed by atoms with E-state index in [4.69, 9.17) is 4.74 Å². The number of fused-ring (bicyclic) bond motifs is 1. The van der Waals surface area contributed by atoms with Gasteiger partial charge in [0.05, 0.1) is 17.6 Å². The fourth-order valence-electron chi connectivity index (χ4n) is 3.45. The number of aromatic nitrogens is 2. The second-order valence-electron chi connectivity index (χ2n) is 7.43. The third-order valence-corrected chi connectivity index (χ3v) is 6.31. The van der Waals surface area contributed by atoms with Crippen molar-refractivity contribution >= 4 is 38.2 Å². The standard InChI is InChI=1S/C24H22N4O4S/c1-15-12-23(26-16(2)25-15)28-33(30,31)20-10-8-19(9-11-20)27-24(29)21-13-17-6-4-5-7-18(17)14-22(21)32-3/h4-14H,1-3H3,(H,27,29)(H,25,26,28). The molecule has 33 heavy (non-hydrogen) atoms. The van der Waals surface area contributed by atoms with Gasteiger partial charge >= 0.3 is 0 Å². The number of hydrogen-bond donors (Lipinski definition) is 2.